The molecule has 0 unspecified atom stereocenters. The number of amides is 4. The van der Waals surface area contributed by atoms with Gasteiger partial charge in [-0.25, -0.2) is 9.59 Å². The summed E-state index contributed by atoms with van der Waals surface area (Å²) in [7, 11) is 0. The summed E-state index contributed by atoms with van der Waals surface area (Å²) in [6.45, 7) is 14.4. The number of carboxylic acid groups (broad SMARTS) is 1. The van der Waals surface area contributed by atoms with Gasteiger partial charge in [-0.15, -0.1) is 0 Å². The van der Waals surface area contributed by atoms with Crippen molar-refractivity contribution in [1.82, 2.24) is 30.0 Å². The largest absolute Gasteiger partial charge is 0.465 e. The van der Waals surface area contributed by atoms with Crippen LogP contribution < -0.4 is 5.32 Å². The first-order chi connectivity index (χ1) is 26.0. The monoisotopic (exact) mass is 748 g/mol. The summed E-state index contributed by atoms with van der Waals surface area (Å²) in [5.74, 6) is -0.379. The Morgan fingerprint density at radius 1 is 0.855 bits per heavy atom. The number of nitrogens with one attached hydrogen (secondary N) is 1. The van der Waals surface area contributed by atoms with E-state index in [1.807, 2.05) is 139 Å². The average Bonchev–Trinajstić information content (AvgIpc) is 3.45. The highest BCUT2D eigenvalue weighted by Gasteiger charge is 2.45. The fraction of sp³-hybridized carbons (Fsp3) is 0.432. The molecule has 11 nitrogen and oxygen atoms in total. The zero-order chi connectivity index (χ0) is 39.9. The van der Waals surface area contributed by atoms with Crippen molar-refractivity contribution < 1.29 is 24.6 Å². The Balaban J connectivity index is 1.44. The Hall–Kier alpha value is -5.29. The second-order valence-corrected chi connectivity index (χ2v) is 16.6. The molecule has 55 heavy (non-hydrogen) atoms. The number of benzene rings is 2. The first kappa shape index (κ1) is 40.9. The average molecular weight is 749 g/mol. The summed E-state index contributed by atoms with van der Waals surface area (Å²) in [5, 5.41) is 25.8. The lowest BCUT2D eigenvalue weighted by atomic mass is 9.84. The third-order valence-electron chi connectivity index (χ3n) is 10.1. The molecule has 2 aromatic heterocycles. The minimum Gasteiger partial charge on any atom is -0.465 e. The third-order valence-corrected chi connectivity index (χ3v) is 10.1. The predicted molar refractivity (Wildman–Crippen MR) is 214 cm³/mol. The van der Waals surface area contributed by atoms with Gasteiger partial charge in [-0.2, -0.15) is 0 Å². The molecule has 0 aliphatic carbocycles. The van der Waals surface area contributed by atoms with E-state index in [1.165, 1.54) is 4.90 Å². The molecule has 3 N–H and O–H groups in total. The molecule has 0 saturated carbocycles. The quantitative estimate of drug-likeness (QED) is 0.127. The minimum atomic E-state index is -1.14. The number of carbonyl (C=O) groups is 3. The van der Waals surface area contributed by atoms with Crippen molar-refractivity contribution in [2.45, 2.75) is 104 Å². The van der Waals surface area contributed by atoms with Gasteiger partial charge in [-0.3, -0.25) is 14.8 Å². The van der Waals surface area contributed by atoms with Crippen molar-refractivity contribution in [1.29, 1.82) is 0 Å². The summed E-state index contributed by atoms with van der Waals surface area (Å²) < 4.78 is 0. The SMILES string of the molecule is Cc1cccc(CN2CCN([C@H](C(=O)N[C@@H](Cc3ccc(-c4ccccn4)cc3)[C@@H](O)C[C@H](Cc3ccccc3)N(C(=O)O)C(C)(C)C)C(C)(C)C)C2=O)n1. The van der Waals surface area contributed by atoms with E-state index in [9.17, 15) is 24.6 Å². The van der Waals surface area contributed by atoms with Crippen LogP contribution in [0.5, 0.6) is 0 Å². The van der Waals surface area contributed by atoms with Gasteiger partial charge < -0.3 is 30.2 Å². The van der Waals surface area contributed by atoms with Gasteiger partial charge in [-0.05, 0) is 87.8 Å². The summed E-state index contributed by atoms with van der Waals surface area (Å²) in [4.78, 5) is 55.1. The van der Waals surface area contributed by atoms with E-state index in [0.29, 0.717) is 26.1 Å². The molecule has 4 amide bonds. The fourth-order valence-electron chi connectivity index (χ4n) is 7.62. The minimum absolute atomic E-state index is 0.0650. The van der Waals surface area contributed by atoms with E-state index < -0.39 is 41.3 Å². The van der Waals surface area contributed by atoms with Crippen LogP contribution in [0.25, 0.3) is 11.3 Å². The molecule has 1 aliphatic heterocycles. The standard InChI is InChI=1S/C44H56N6O5/c1-30-14-13-17-34(46-30)29-48-24-25-49(41(48)53)39(43(2,3)4)40(52)47-37(27-32-19-21-33(22-20-32)36-18-11-12-23-45-36)38(51)28-35(26-31-15-9-8-10-16-31)50(42(54)55)44(5,6)7/h8-23,35,37-39,51H,24-29H2,1-7H3,(H,47,52)(H,54,55)/t35-,37-,38-,39+/m0/s1. The van der Waals surface area contributed by atoms with Crippen LogP contribution in [0.15, 0.2) is 97.2 Å². The Morgan fingerprint density at radius 3 is 2.13 bits per heavy atom. The number of urea groups is 1. The van der Waals surface area contributed by atoms with Crippen molar-refractivity contribution in [3.8, 4) is 11.3 Å². The molecule has 4 atom stereocenters. The van der Waals surface area contributed by atoms with Crippen LogP contribution in [0, 0.1) is 12.3 Å². The molecule has 1 saturated heterocycles. The first-order valence-corrected chi connectivity index (χ1v) is 19.0. The Morgan fingerprint density at radius 2 is 1.53 bits per heavy atom. The maximum absolute atomic E-state index is 14.6. The van der Waals surface area contributed by atoms with Gasteiger partial charge in [0, 0.05) is 42.1 Å². The molecule has 11 heteroatoms. The molecule has 292 valence electrons. The van der Waals surface area contributed by atoms with Crippen LogP contribution in [-0.2, 0) is 24.2 Å². The molecule has 0 bridgehead atoms. The van der Waals surface area contributed by atoms with Crippen molar-refractivity contribution in [3.05, 3.63) is 120 Å². The lowest BCUT2D eigenvalue weighted by Crippen LogP contribution is -2.59. The number of aliphatic hydroxyl groups is 1. The number of hydrogen-bond donors (Lipinski definition) is 3. The van der Waals surface area contributed by atoms with E-state index in [0.717, 1.165) is 33.8 Å². The number of rotatable bonds is 14. The van der Waals surface area contributed by atoms with Gasteiger partial charge in [0.25, 0.3) is 0 Å². The van der Waals surface area contributed by atoms with Gasteiger partial charge in [0.2, 0.25) is 5.91 Å². The van der Waals surface area contributed by atoms with Gasteiger partial charge in [0.15, 0.2) is 0 Å². The van der Waals surface area contributed by atoms with Crippen LogP contribution in [0.3, 0.4) is 0 Å². The van der Waals surface area contributed by atoms with Crippen molar-refractivity contribution in [3.63, 3.8) is 0 Å². The number of aliphatic hydroxyl groups excluding tert-OH is 1. The number of carbonyl (C=O) groups excluding carboxylic acids is 2. The summed E-state index contributed by atoms with van der Waals surface area (Å²) in [6, 6.07) is 26.4. The van der Waals surface area contributed by atoms with Gasteiger partial charge in [-0.1, -0.05) is 87.5 Å². The van der Waals surface area contributed by atoms with Crippen molar-refractivity contribution >= 4 is 18.0 Å². The smallest absolute Gasteiger partial charge is 0.407 e. The number of hydrogen-bond acceptors (Lipinski definition) is 6. The number of pyridine rings is 2. The van der Waals surface area contributed by atoms with Gasteiger partial charge in [0.05, 0.1) is 30.1 Å². The second kappa shape index (κ2) is 17.5. The number of aryl methyl sites for hydroxylation is 1. The van der Waals surface area contributed by atoms with Crippen LogP contribution in [-0.4, -0.2) is 95.8 Å². The topological polar surface area (TPSA) is 139 Å². The number of aromatic nitrogens is 2. The first-order valence-electron chi connectivity index (χ1n) is 19.0. The fourth-order valence-corrected chi connectivity index (χ4v) is 7.62. The Labute approximate surface area is 325 Å². The molecule has 1 aliphatic rings. The molecule has 0 spiro atoms. The second-order valence-electron chi connectivity index (χ2n) is 16.6. The maximum Gasteiger partial charge on any atom is 0.407 e. The summed E-state index contributed by atoms with van der Waals surface area (Å²) >= 11 is 0. The lowest BCUT2D eigenvalue weighted by Gasteiger charge is -2.42. The van der Waals surface area contributed by atoms with Crippen molar-refractivity contribution in [2.75, 3.05) is 13.1 Å². The summed E-state index contributed by atoms with van der Waals surface area (Å²) in [6.07, 6.45) is 0.221. The zero-order valence-electron chi connectivity index (χ0n) is 33.1. The van der Waals surface area contributed by atoms with Crippen molar-refractivity contribution in [2.24, 2.45) is 5.41 Å². The van der Waals surface area contributed by atoms with E-state index in [-0.39, 0.29) is 24.8 Å². The molecule has 0 radical (unpaired) electrons. The van der Waals surface area contributed by atoms with E-state index in [1.54, 1.807) is 16.0 Å². The third kappa shape index (κ3) is 10.7. The molecule has 3 heterocycles. The molecular formula is C44H56N6O5. The highest BCUT2D eigenvalue weighted by Crippen LogP contribution is 2.30. The maximum atomic E-state index is 14.6. The molecule has 4 aromatic rings. The molecule has 2 aromatic carbocycles. The molecule has 1 fully saturated rings. The zero-order valence-corrected chi connectivity index (χ0v) is 33.1. The Kier molecular flexibility index (Phi) is 13.0. The van der Waals surface area contributed by atoms with Crippen LogP contribution in [0.1, 0.15) is 70.5 Å². The summed E-state index contributed by atoms with van der Waals surface area (Å²) in [5.41, 5.74) is 3.79. The van der Waals surface area contributed by atoms with Crippen LogP contribution >= 0.6 is 0 Å². The Bertz CT molecular complexity index is 1890. The van der Waals surface area contributed by atoms with E-state index in [4.69, 9.17) is 0 Å². The highest BCUT2D eigenvalue weighted by atomic mass is 16.4. The lowest BCUT2D eigenvalue weighted by molar-refractivity contribution is -0.130. The molecular weight excluding hydrogens is 693 g/mol. The van der Waals surface area contributed by atoms with Gasteiger partial charge >= 0.3 is 12.1 Å². The highest BCUT2D eigenvalue weighted by molar-refractivity contribution is 5.89. The predicted octanol–water partition coefficient (Wildman–Crippen LogP) is 6.97. The van der Waals surface area contributed by atoms with Crippen LogP contribution in [0.4, 0.5) is 9.59 Å². The molecule has 5 rings (SSSR count). The number of nitrogens with zero attached hydrogens (tertiary/aromatic N) is 5. The normalized spacial score (nSPS) is 15.7. The van der Waals surface area contributed by atoms with E-state index >= 15 is 0 Å². The van der Waals surface area contributed by atoms with E-state index in [2.05, 4.69) is 15.3 Å². The van der Waals surface area contributed by atoms with Gasteiger partial charge in [0.1, 0.15) is 6.04 Å². The van der Waals surface area contributed by atoms with Crippen LogP contribution in [0.2, 0.25) is 0 Å².